The summed E-state index contributed by atoms with van der Waals surface area (Å²) in [5, 5.41) is 13.3. The highest BCUT2D eigenvalue weighted by atomic mass is 16.4. The molecule has 1 aromatic carbocycles. The summed E-state index contributed by atoms with van der Waals surface area (Å²) in [6, 6.07) is 11.7. The first-order valence-corrected chi connectivity index (χ1v) is 6.40. The lowest BCUT2D eigenvalue weighted by atomic mass is 9.96. The molecule has 4 heteroatoms. The summed E-state index contributed by atoms with van der Waals surface area (Å²) in [6.45, 7) is 4.21. The zero-order valence-corrected chi connectivity index (χ0v) is 11.1. The second kappa shape index (κ2) is 5.69. The van der Waals surface area contributed by atoms with E-state index in [0.29, 0.717) is 12.4 Å². The van der Waals surface area contributed by atoms with Crippen molar-refractivity contribution < 1.29 is 9.90 Å². The first-order valence-electron chi connectivity index (χ1n) is 6.40. The van der Waals surface area contributed by atoms with Crippen molar-refractivity contribution in [3.05, 3.63) is 36.4 Å². The molecule has 0 spiro atoms. The summed E-state index contributed by atoms with van der Waals surface area (Å²) in [5.41, 5.74) is 0.906. The molecule has 0 saturated carbocycles. The van der Waals surface area contributed by atoms with Crippen LogP contribution in [0.3, 0.4) is 0 Å². The number of aromatic nitrogens is 1. The SMILES string of the molecule is CC(C)C(CNc1ccc2ccccc2n1)C(=O)O. The minimum Gasteiger partial charge on any atom is -0.481 e. The topological polar surface area (TPSA) is 62.2 Å². The van der Waals surface area contributed by atoms with E-state index in [9.17, 15) is 4.79 Å². The van der Waals surface area contributed by atoms with Crippen LogP contribution in [-0.2, 0) is 4.79 Å². The van der Waals surface area contributed by atoms with Gasteiger partial charge in [0.2, 0.25) is 0 Å². The minimum atomic E-state index is -0.775. The van der Waals surface area contributed by atoms with Crippen LogP contribution in [-0.4, -0.2) is 22.6 Å². The zero-order valence-electron chi connectivity index (χ0n) is 11.1. The average Bonchev–Trinajstić information content (AvgIpc) is 2.38. The van der Waals surface area contributed by atoms with E-state index in [0.717, 1.165) is 10.9 Å². The number of pyridine rings is 1. The van der Waals surface area contributed by atoms with Gasteiger partial charge in [0.15, 0.2) is 0 Å². The van der Waals surface area contributed by atoms with Gasteiger partial charge in [-0.05, 0) is 24.1 Å². The van der Waals surface area contributed by atoms with Crippen LogP contribution in [0.25, 0.3) is 10.9 Å². The molecule has 1 unspecified atom stereocenters. The molecule has 0 fully saturated rings. The molecule has 0 bridgehead atoms. The molecule has 1 heterocycles. The van der Waals surface area contributed by atoms with Crippen LogP contribution >= 0.6 is 0 Å². The van der Waals surface area contributed by atoms with Crippen molar-refractivity contribution in [1.82, 2.24) is 4.98 Å². The van der Waals surface area contributed by atoms with Gasteiger partial charge in [0.1, 0.15) is 5.82 Å². The molecular formula is C15H18N2O2. The van der Waals surface area contributed by atoms with Crippen molar-refractivity contribution in [1.29, 1.82) is 0 Å². The number of para-hydroxylation sites is 1. The number of benzene rings is 1. The summed E-state index contributed by atoms with van der Waals surface area (Å²) in [5.74, 6) is -0.382. The van der Waals surface area contributed by atoms with Gasteiger partial charge in [-0.15, -0.1) is 0 Å². The van der Waals surface area contributed by atoms with Gasteiger partial charge < -0.3 is 10.4 Å². The largest absolute Gasteiger partial charge is 0.481 e. The van der Waals surface area contributed by atoms with Crippen molar-refractivity contribution in [2.24, 2.45) is 11.8 Å². The third-order valence-electron chi connectivity index (χ3n) is 3.22. The first kappa shape index (κ1) is 13.3. The van der Waals surface area contributed by atoms with Crippen LogP contribution in [0.2, 0.25) is 0 Å². The third-order valence-corrected chi connectivity index (χ3v) is 3.22. The van der Waals surface area contributed by atoms with Crippen molar-refractivity contribution in [2.75, 3.05) is 11.9 Å². The molecule has 2 rings (SSSR count). The lowest BCUT2D eigenvalue weighted by molar-refractivity contribution is -0.142. The van der Waals surface area contributed by atoms with Crippen molar-refractivity contribution in [3.63, 3.8) is 0 Å². The van der Waals surface area contributed by atoms with E-state index >= 15 is 0 Å². The van der Waals surface area contributed by atoms with Gasteiger partial charge in [-0.25, -0.2) is 4.98 Å². The van der Waals surface area contributed by atoms with Crippen LogP contribution in [0.15, 0.2) is 36.4 Å². The number of rotatable bonds is 5. The number of carboxylic acid groups (broad SMARTS) is 1. The summed E-state index contributed by atoms with van der Waals surface area (Å²) in [6.07, 6.45) is 0. The maximum Gasteiger partial charge on any atom is 0.308 e. The van der Waals surface area contributed by atoms with E-state index in [1.165, 1.54) is 0 Å². The highest BCUT2D eigenvalue weighted by Gasteiger charge is 2.21. The quantitative estimate of drug-likeness (QED) is 0.865. The molecule has 0 amide bonds. The van der Waals surface area contributed by atoms with Gasteiger partial charge in [-0.1, -0.05) is 32.0 Å². The number of nitrogens with one attached hydrogen (secondary N) is 1. The monoisotopic (exact) mass is 258 g/mol. The molecule has 0 radical (unpaired) electrons. The van der Waals surface area contributed by atoms with Gasteiger partial charge in [0, 0.05) is 11.9 Å². The number of fused-ring (bicyclic) bond motifs is 1. The highest BCUT2D eigenvalue weighted by Crippen LogP contribution is 2.16. The average molecular weight is 258 g/mol. The lowest BCUT2D eigenvalue weighted by Gasteiger charge is -2.17. The molecule has 0 aliphatic rings. The van der Waals surface area contributed by atoms with Gasteiger partial charge >= 0.3 is 5.97 Å². The fourth-order valence-corrected chi connectivity index (χ4v) is 1.99. The summed E-state index contributed by atoms with van der Waals surface area (Å²) in [4.78, 5) is 15.6. The Morgan fingerprint density at radius 1 is 1.26 bits per heavy atom. The Morgan fingerprint density at radius 3 is 2.68 bits per heavy atom. The molecular weight excluding hydrogens is 240 g/mol. The number of hydrogen-bond acceptors (Lipinski definition) is 3. The second-order valence-corrected chi connectivity index (χ2v) is 4.96. The predicted octanol–water partition coefficient (Wildman–Crippen LogP) is 3.00. The van der Waals surface area contributed by atoms with Crippen molar-refractivity contribution >= 4 is 22.7 Å². The van der Waals surface area contributed by atoms with Crippen LogP contribution in [0.4, 0.5) is 5.82 Å². The van der Waals surface area contributed by atoms with E-state index in [-0.39, 0.29) is 5.92 Å². The summed E-state index contributed by atoms with van der Waals surface area (Å²) >= 11 is 0. The molecule has 1 atom stereocenters. The van der Waals surface area contributed by atoms with E-state index < -0.39 is 11.9 Å². The molecule has 19 heavy (non-hydrogen) atoms. The summed E-state index contributed by atoms with van der Waals surface area (Å²) < 4.78 is 0. The Bertz CT molecular complexity index is 581. The number of carboxylic acids is 1. The number of carbonyl (C=O) groups is 1. The minimum absolute atomic E-state index is 0.0884. The molecule has 2 aromatic rings. The normalized spacial score (nSPS) is 12.6. The van der Waals surface area contributed by atoms with Crippen molar-refractivity contribution in [2.45, 2.75) is 13.8 Å². The maximum absolute atomic E-state index is 11.1. The number of aliphatic carboxylic acids is 1. The smallest absolute Gasteiger partial charge is 0.308 e. The Kier molecular flexibility index (Phi) is 4.00. The van der Waals surface area contributed by atoms with E-state index in [2.05, 4.69) is 10.3 Å². The van der Waals surface area contributed by atoms with Crippen LogP contribution in [0.1, 0.15) is 13.8 Å². The van der Waals surface area contributed by atoms with Gasteiger partial charge in [-0.2, -0.15) is 0 Å². The standard InChI is InChI=1S/C15H18N2O2/c1-10(2)12(15(18)19)9-16-14-8-7-11-5-3-4-6-13(11)17-14/h3-8,10,12H,9H2,1-2H3,(H,16,17)(H,18,19). The van der Waals surface area contributed by atoms with Crippen LogP contribution in [0, 0.1) is 11.8 Å². The summed E-state index contributed by atoms with van der Waals surface area (Å²) in [7, 11) is 0. The Balaban J connectivity index is 2.11. The van der Waals surface area contributed by atoms with E-state index in [1.54, 1.807) is 0 Å². The number of hydrogen-bond donors (Lipinski definition) is 2. The Labute approximate surface area is 112 Å². The molecule has 0 aliphatic carbocycles. The van der Waals surface area contributed by atoms with Crippen LogP contribution < -0.4 is 5.32 Å². The van der Waals surface area contributed by atoms with Crippen LogP contribution in [0.5, 0.6) is 0 Å². The lowest BCUT2D eigenvalue weighted by Crippen LogP contribution is -2.27. The fourth-order valence-electron chi connectivity index (χ4n) is 1.99. The Morgan fingerprint density at radius 2 is 2.00 bits per heavy atom. The molecule has 2 N–H and O–H groups in total. The van der Waals surface area contributed by atoms with Gasteiger partial charge in [0.25, 0.3) is 0 Å². The highest BCUT2D eigenvalue weighted by molar-refractivity contribution is 5.80. The zero-order chi connectivity index (χ0) is 13.8. The van der Waals surface area contributed by atoms with Crippen molar-refractivity contribution in [3.8, 4) is 0 Å². The maximum atomic E-state index is 11.1. The predicted molar refractivity (Wildman–Crippen MR) is 76.2 cm³/mol. The van der Waals surface area contributed by atoms with Gasteiger partial charge in [0.05, 0.1) is 11.4 Å². The molecule has 0 aliphatic heterocycles. The number of nitrogens with zero attached hydrogens (tertiary/aromatic N) is 1. The molecule has 1 aromatic heterocycles. The Hall–Kier alpha value is -2.10. The third kappa shape index (κ3) is 3.22. The second-order valence-electron chi connectivity index (χ2n) is 4.96. The molecule has 100 valence electrons. The number of anilines is 1. The molecule has 4 nitrogen and oxygen atoms in total. The fraction of sp³-hybridized carbons (Fsp3) is 0.333. The van der Waals surface area contributed by atoms with E-state index in [1.807, 2.05) is 50.2 Å². The van der Waals surface area contributed by atoms with Gasteiger partial charge in [-0.3, -0.25) is 4.79 Å². The first-order chi connectivity index (χ1) is 9.08. The molecule has 0 saturated heterocycles. The van der Waals surface area contributed by atoms with E-state index in [4.69, 9.17) is 5.11 Å².